The molecule has 0 bridgehead atoms. The fourth-order valence-electron chi connectivity index (χ4n) is 3.42. The zero-order valence-electron chi connectivity index (χ0n) is 15.3. The molecule has 4 nitrogen and oxygen atoms in total. The van der Waals surface area contributed by atoms with Gasteiger partial charge in [0.1, 0.15) is 0 Å². The van der Waals surface area contributed by atoms with Gasteiger partial charge in [-0.05, 0) is 50.1 Å². The molecule has 0 radical (unpaired) electrons. The SMILES string of the molecule is CC#CCN1C(=O)c2ccccc2Sc2cc(NC3CCCOC3)ccc21. The lowest BCUT2D eigenvalue weighted by atomic mass is 10.1. The van der Waals surface area contributed by atoms with Crippen LogP contribution < -0.4 is 10.2 Å². The summed E-state index contributed by atoms with van der Waals surface area (Å²) in [5.74, 6) is 5.94. The van der Waals surface area contributed by atoms with Crippen molar-refractivity contribution in [1.82, 2.24) is 0 Å². The summed E-state index contributed by atoms with van der Waals surface area (Å²) in [6.45, 7) is 3.78. The number of fused-ring (bicyclic) bond motifs is 2. The average molecular weight is 378 g/mol. The van der Waals surface area contributed by atoms with Crippen LogP contribution in [-0.4, -0.2) is 31.7 Å². The fraction of sp³-hybridized carbons (Fsp3) is 0.318. The zero-order chi connectivity index (χ0) is 18.6. The van der Waals surface area contributed by atoms with E-state index in [2.05, 4.69) is 23.2 Å². The Balaban J connectivity index is 1.70. The number of ether oxygens (including phenoxy) is 1. The van der Waals surface area contributed by atoms with Crippen molar-refractivity contribution in [2.24, 2.45) is 0 Å². The summed E-state index contributed by atoms with van der Waals surface area (Å²) >= 11 is 1.64. The molecule has 138 valence electrons. The second kappa shape index (κ2) is 8.08. The molecule has 2 heterocycles. The maximum atomic E-state index is 13.1. The van der Waals surface area contributed by atoms with Crippen LogP contribution in [0.3, 0.4) is 0 Å². The number of carbonyl (C=O) groups excluding carboxylic acids is 1. The molecule has 2 aromatic rings. The Labute approximate surface area is 164 Å². The fourth-order valence-corrected chi connectivity index (χ4v) is 4.54. The summed E-state index contributed by atoms with van der Waals surface area (Å²) in [7, 11) is 0. The first-order valence-electron chi connectivity index (χ1n) is 9.23. The van der Waals surface area contributed by atoms with Crippen LogP contribution >= 0.6 is 11.8 Å². The van der Waals surface area contributed by atoms with E-state index in [0.717, 1.165) is 52.8 Å². The molecular formula is C22H22N2O2S. The van der Waals surface area contributed by atoms with Crippen molar-refractivity contribution in [2.75, 3.05) is 30.0 Å². The average Bonchev–Trinajstić information content (AvgIpc) is 2.81. The summed E-state index contributed by atoms with van der Waals surface area (Å²) < 4.78 is 5.57. The minimum atomic E-state index is 0.000916. The molecule has 2 aromatic carbocycles. The summed E-state index contributed by atoms with van der Waals surface area (Å²) in [6.07, 6.45) is 2.20. The molecule has 2 aliphatic heterocycles. The van der Waals surface area contributed by atoms with Crippen molar-refractivity contribution in [3.05, 3.63) is 48.0 Å². The minimum Gasteiger partial charge on any atom is -0.380 e. The van der Waals surface area contributed by atoms with E-state index in [1.54, 1.807) is 23.6 Å². The van der Waals surface area contributed by atoms with Gasteiger partial charge in [0.2, 0.25) is 0 Å². The Morgan fingerprint density at radius 1 is 1.26 bits per heavy atom. The smallest absolute Gasteiger partial charge is 0.260 e. The number of anilines is 2. The first-order valence-corrected chi connectivity index (χ1v) is 10.0. The van der Waals surface area contributed by atoms with Crippen LogP contribution in [-0.2, 0) is 4.74 Å². The third-order valence-electron chi connectivity index (χ3n) is 4.78. The van der Waals surface area contributed by atoms with Crippen molar-refractivity contribution in [2.45, 2.75) is 35.6 Å². The van der Waals surface area contributed by atoms with E-state index in [1.165, 1.54) is 0 Å². The van der Waals surface area contributed by atoms with Crippen LogP contribution in [0.5, 0.6) is 0 Å². The Bertz CT molecular complexity index is 910. The zero-order valence-corrected chi connectivity index (χ0v) is 16.1. The van der Waals surface area contributed by atoms with Crippen LogP contribution in [0.1, 0.15) is 30.1 Å². The summed E-state index contributed by atoms with van der Waals surface area (Å²) in [5, 5.41) is 3.57. The Hall–Kier alpha value is -2.42. The molecule has 4 rings (SSSR count). The monoisotopic (exact) mass is 378 g/mol. The maximum absolute atomic E-state index is 13.1. The summed E-state index contributed by atoms with van der Waals surface area (Å²) in [6, 6.07) is 14.3. The first-order chi connectivity index (χ1) is 13.3. The van der Waals surface area contributed by atoms with E-state index in [4.69, 9.17) is 4.74 Å². The van der Waals surface area contributed by atoms with Crippen LogP contribution in [0.25, 0.3) is 0 Å². The molecule has 0 saturated carbocycles. The van der Waals surface area contributed by atoms with Crippen molar-refractivity contribution in [3.63, 3.8) is 0 Å². The molecule has 0 aliphatic carbocycles. The van der Waals surface area contributed by atoms with Crippen molar-refractivity contribution >= 4 is 29.0 Å². The van der Waals surface area contributed by atoms with Gasteiger partial charge >= 0.3 is 0 Å². The third-order valence-corrected chi connectivity index (χ3v) is 5.90. The number of hydrogen-bond donors (Lipinski definition) is 1. The molecule has 1 saturated heterocycles. The van der Waals surface area contributed by atoms with Crippen LogP contribution in [0, 0.1) is 11.8 Å². The van der Waals surface area contributed by atoms with Gasteiger partial charge in [-0.3, -0.25) is 9.69 Å². The molecule has 0 spiro atoms. The van der Waals surface area contributed by atoms with Gasteiger partial charge in [0.15, 0.2) is 0 Å². The normalized spacial score (nSPS) is 18.6. The lowest BCUT2D eigenvalue weighted by Gasteiger charge is -2.25. The number of nitrogens with zero attached hydrogens (tertiary/aromatic N) is 1. The van der Waals surface area contributed by atoms with Crippen molar-refractivity contribution in [1.29, 1.82) is 0 Å². The molecule has 2 aliphatic rings. The second-order valence-corrected chi connectivity index (χ2v) is 7.74. The Morgan fingerprint density at radius 3 is 2.96 bits per heavy atom. The first kappa shape index (κ1) is 18.0. The number of carbonyl (C=O) groups is 1. The van der Waals surface area contributed by atoms with Crippen LogP contribution in [0.2, 0.25) is 0 Å². The molecule has 1 N–H and O–H groups in total. The lowest BCUT2D eigenvalue weighted by Crippen LogP contribution is -2.31. The highest BCUT2D eigenvalue weighted by molar-refractivity contribution is 7.99. The quantitative estimate of drug-likeness (QED) is 0.803. The molecule has 1 unspecified atom stereocenters. The van der Waals surface area contributed by atoms with Gasteiger partial charge in [0, 0.05) is 28.1 Å². The number of amides is 1. The number of hydrogen-bond acceptors (Lipinski definition) is 4. The van der Waals surface area contributed by atoms with Crippen molar-refractivity contribution in [3.8, 4) is 11.8 Å². The molecule has 5 heteroatoms. The predicted molar refractivity (Wildman–Crippen MR) is 110 cm³/mol. The van der Waals surface area contributed by atoms with Crippen LogP contribution in [0.4, 0.5) is 11.4 Å². The molecule has 1 amide bonds. The Kier molecular flexibility index (Phi) is 5.38. The van der Waals surface area contributed by atoms with E-state index in [-0.39, 0.29) is 5.91 Å². The highest BCUT2D eigenvalue weighted by atomic mass is 32.2. The molecule has 0 aromatic heterocycles. The highest BCUT2D eigenvalue weighted by Gasteiger charge is 2.27. The second-order valence-electron chi connectivity index (χ2n) is 6.66. The van der Waals surface area contributed by atoms with E-state index in [1.807, 2.05) is 36.4 Å². The van der Waals surface area contributed by atoms with E-state index in [9.17, 15) is 4.79 Å². The van der Waals surface area contributed by atoms with E-state index >= 15 is 0 Å². The topological polar surface area (TPSA) is 41.6 Å². The lowest BCUT2D eigenvalue weighted by molar-refractivity contribution is 0.0876. The van der Waals surface area contributed by atoms with E-state index in [0.29, 0.717) is 12.6 Å². The predicted octanol–water partition coefficient (Wildman–Crippen LogP) is 4.41. The Morgan fingerprint density at radius 2 is 2.15 bits per heavy atom. The van der Waals surface area contributed by atoms with Gasteiger partial charge in [-0.1, -0.05) is 29.8 Å². The summed E-state index contributed by atoms with van der Waals surface area (Å²) in [4.78, 5) is 16.9. The van der Waals surface area contributed by atoms with Gasteiger partial charge in [-0.25, -0.2) is 0 Å². The van der Waals surface area contributed by atoms with Gasteiger partial charge in [0.25, 0.3) is 5.91 Å². The summed E-state index contributed by atoms with van der Waals surface area (Å²) in [5.41, 5.74) is 2.70. The van der Waals surface area contributed by atoms with E-state index < -0.39 is 0 Å². The number of benzene rings is 2. The molecule has 1 atom stereocenters. The third kappa shape index (κ3) is 3.83. The van der Waals surface area contributed by atoms with Gasteiger partial charge < -0.3 is 10.1 Å². The number of rotatable bonds is 3. The van der Waals surface area contributed by atoms with Crippen molar-refractivity contribution < 1.29 is 9.53 Å². The standard InChI is InChI=1S/C22H22N2O2S/c1-2-3-12-24-19-11-10-16(23-17-7-6-13-26-15-17)14-21(19)27-20-9-5-4-8-18(20)22(24)25/h4-5,8-11,14,17,23H,6-7,12-13,15H2,1H3. The highest BCUT2D eigenvalue weighted by Crippen LogP contribution is 2.42. The number of nitrogens with one attached hydrogen (secondary N) is 1. The molecular weight excluding hydrogens is 356 g/mol. The van der Waals surface area contributed by atoms with Gasteiger partial charge in [0.05, 0.1) is 24.4 Å². The largest absolute Gasteiger partial charge is 0.380 e. The van der Waals surface area contributed by atoms with Gasteiger partial charge in [-0.2, -0.15) is 0 Å². The molecule has 27 heavy (non-hydrogen) atoms. The van der Waals surface area contributed by atoms with Crippen LogP contribution in [0.15, 0.2) is 52.3 Å². The molecule has 1 fully saturated rings. The maximum Gasteiger partial charge on any atom is 0.260 e. The minimum absolute atomic E-state index is 0.000916. The van der Waals surface area contributed by atoms with Gasteiger partial charge in [-0.15, -0.1) is 5.92 Å².